The van der Waals surface area contributed by atoms with Gasteiger partial charge in [-0.1, -0.05) is 13.5 Å². The highest BCUT2D eigenvalue weighted by Gasteiger charge is 1.89. The summed E-state index contributed by atoms with van der Waals surface area (Å²) in [4.78, 5) is 0. The zero-order valence-corrected chi connectivity index (χ0v) is 5.32. The summed E-state index contributed by atoms with van der Waals surface area (Å²) in [6.07, 6.45) is 1.69. The van der Waals surface area contributed by atoms with Gasteiger partial charge in [0, 0.05) is 5.57 Å². The average molecular weight is 125 g/mol. The Labute approximate surface area is 54.1 Å². The van der Waals surface area contributed by atoms with Crippen molar-refractivity contribution in [3.63, 3.8) is 0 Å². The van der Waals surface area contributed by atoms with E-state index >= 15 is 0 Å². The van der Waals surface area contributed by atoms with Gasteiger partial charge in [-0.05, 0) is 12.5 Å². The number of nitrogens with zero attached hydrogens (tertiary/aromatic N) is 1. The average Bonchev–Trinajstić information content (AvgIpc) is 1.82. The molecule has 0 spiro atoms. The van der Waals surface area contributed by atoms with Gasteiger partial charge in [-0.15, -0.1) is 0 Å². The van der Waals surface area contributed by atoms with E-state index in [1.165, 1.54) is 0 Å². The minimum Gasteiger partial charge on any atom is -0.208 e. The minimum atomic E-state index is -0.562. The molecule has 1 nitrogen and oxygen atoms in total. The molecule has 0 radical (unpaired) electrons. The van der Waals surface area contributed by atoms with E-state index in [4.69, 9.17) is 5.26 Å². The lowest BCUT2D eigenvalue weighted by molar-refractivity contribution is 0.669. The molecule has 0 rings (SSSR count). The maximum atomic E-state index is 11.9. The van der Waals surface area contributed by atoms with E-state index < -0.39 is 5.83 Å². The van der Waals surface area contributed by atoms with E-state index in [2.05, 4.69) is 6.58 Å². The van der Waals surface area contributed by atoms with Gasteiger partial charge in [0.2, 0.25) is 0 Å². The van der Waals surface area contributed by atoms with Crippen molar-refractivity contribution in [2.75, 3.05) is 0 Å². The lowest BCUT2D eigenvalue weighted by Crippen LogP contribution is -1.73. The van der Waals surface area contributed by atoms with Crippen LogP contribution < -0.4 is 0 Å². The number of halogens is 1. The van der Waals surface area contributed by atoms with Crippen molar-refractivity contribution < 1.29 is 4.39 Å². The molecule has 0 aromatic carbocycles. The van der Waals surface area contributed by atoms with Gasteiger partial charge < -0.3 is 0 Å². The van der Waals surface area contributed by atoms with Crippen LogP contribution in [0.25, 0.3) is 0 Å². The van der Waals surface area contributed by atoms with E-state index in [-0.39, 0.29) is 0 Å². The first kappa shape index (κ1) is 7.90. The van der Waals surface area contributed by atoms with Gasteiger partial charge >= 0.3 is 0 Å². The van der Waals surface area contributed by atoms with E-state index in [0.717, 1.165) is 6.08 Å². The molecule has 0 aromatic rings. The standard InChI is InChI=1S/C7H8FN/c1-3-7(5-9)4-6(2)8/h4H,2-3H2,1H3/b7-4+. The van der Waals surface area contributed by atoms with Crippen molar-refractivity contribution in [1.82, 2.24) is 0 Å². The van der Waals surface area contributed by atoms with Gasteiger partial charge in [0.25, 0.3) is 0 Å². The molecule has 0 aliphatic rings. The Morgan fingerprint density at radius 1 is 1.89 bits per heavy atom. The zero-order chi connectivity index (χ0) is 7.28. The van der Waals surface area contributed by atoms with Gasteiger partial charge in [0.1, 0.15) is 5.83 Å². The van der Waals surface area contributed by atoms with Crippen LogP contribution in [0.3, 0.4) is 0 Å². The molecule has 0 fully saturated rings. The summed E-state index contributed by atoms with van der Waals surface area (Å²) in [7, 11) is 0. The van der Waals surface area contributed by atoms with Crippen LogP contribution in [-0.4, -0.2) is 0 Å². The van der Waals surface area contributed by atoms with Crippen molar-refractivity contribution in [3.05, 3.63) is 24.1 Å². The Balaban J connectivity index is 4.13. The fourth-order valence-electron chi connectivity index (χ4n) is 0.402. The Bertz CT molecular complexity index is 174. The lowest BCUT2D eigenvalue weighted by atomic mass is 10.2. The Hall–Kier alpha value is -1.10. The SMILES string of the molecule is C=C(F)/C=C(/C#N)CC. The first-order chi connectivity index (χ1) is 4.20. The molecule has 0 bridgehead atoms. The highest BCUT2D eigenvalue weighted by atomic mass is 19.1. The Morgan fingerprint density at radius 2 is 2.44 bits per heavy atom. The van der Waals surface area contributed by atoms with Crippen molar-refractivity contribution in [2.24, 2.45) is 0 Å². The minimum absolute atomic E-state index is 0.419. The summed E-state index contributed by atoms with van der Waals surface area (Å²) in [5.41, 5.74) is 0.419. The first-order valence-electron chi connectivity index (χ1n) is 2.65. The number of nitriles is 1. The van der Waals surface area contributed by atoms with Crippen molar-refractivity contribution in [2.45, 2.75) is 13.3 Å². The summed E-state index contributed by atoms with van der Waals surface area (Å²) in [5, 5.41) is 8.25. The molecule has 2 heteroatoms. The summed E-state index contributed by atoms with van der Waals surface area (Å²) in [5.74, 6) is -0.562. The number of rotatable bonds is 2. The third kappa shape index (κ3) is 3.48. The maximum absolute atomic E-state index is 11.9. The van der Waals surface area contributed by atoms with Gasteiger partial charge in [-0.25, -0.2) is 4.39 Å². The molecule has 0 saturated carbocycles. The van der Waals surface area contributed by atoms with E-state index in [1.807, 2.05) is 6.07 Å². The number of hydrogen-bond acceptors (Lipinski definition) is 1. The largest absolute Gasteiger partial charge is 0.208 e. The van der Waals surface area contributed by atoms with E-state index in [9.17, 15) is 4.39 Å². The summed E-state index contributed by atoms with van der Waals surface area (Å²) < 4.78 is 11.9. The lowest BCUT2D eigenvalue weighted by Gasteiger charge is -1.86. The second-order valence-electron chi connectivity index (χ2n) is 1.58. The van der Waals surface area contributed by atoms with Crippen molar-refractivity contribution in [1.29, 1.82) is 5.26 Å². The van der Waals surface area contributed by atoms with Crippen LogP contribution in [0.5, 0.6) is 0 Å². The molecule has 0 aliphatic carbocycles. The Morgan fingerprint density at radius 3 is 2.56 bits per heavy atom. The molecule has 0 N–H and O–H groups in total. The second-order valence-corrected chi connectivity index (χ2v) is 1.58. The summed E-state index contributed by atoms with van der Waals surface area (Å²) in [6.45, 7) is 4.79. The molecule has 0 aliphatic heterocycles. The van der Waals surface area contributed by atoms with Gasteiger partial charge in [0.05, 0.1) is 6.07 Å². The summed E-state index contributed by atoms with van der Waals surface area (Å²) in [6, 6.07) is 1.84. The Kier molecular flexibility index (Phi) is 3.38. The van der Waals surface area contributed by atoms with Crippen LogP contribution in [-0.2, 0) is 0 Å². The van der Waals surface area contributed by atoms with Crippen LogP contribution in [0.1, 0.15) is 13.3 Å². The quantitative estimate of drug-likeness (QED) is 0.410. The van der Waals surface area contributed by atoms with E-state index in [1.54, 1.807) is 6.92 Å². The maximum Gasteiger partial charge on any atom is 0.117 e. The van der Waals surface area contributed by atoms with Gasteiger partial charge in [-0.3, -0.25) is 0 Å². The molecule has 0 amide bonds. The molecule has 0 heterocycles. The smallest absolute Gasteiger partial charge is 0.117 e. The van der Waals surface area contributed by atoms with Crippen molar-refractivity contribution in [3.8, 4) is 6.07 Å². The molecule has 0 saturated heterocycles. The second kappa shape index (κ2) is 3.85. The zero-order valence-electron chi connectivity index (χ0n) is 5.32. The normalized spacial score (nSPS) is 10.6. The first-order valence-corrected chi connectivity index (χ1v) is 2.65. The van der Waals surface area contributed by atoms with E-state index in [0.29, 0.717) is 12.0 Å². The molecule has 0 aromatic heterocycles. The summed E-state index contributed by atoms with van der Waals surface area (Å²) >= 11 is 0. The van der Waals surface area contributed by atoms with Crippen LogP contribution in [0.15, 0.2) is 24.1 Å². The van der Waals surface area contributed by atoms with Gasteiger partial charge in [0.15, 0.2) is 0 Å². The molecule has 0 atom stereocenters. The number of hydrogen-bond donors (Lipinski definition) is 0. The predicted octanol–water partition coefficient (Wildman–Crippen LogP) is 2.33. The topological polar surface area (TPSA) is 23.8 Å². The van der Waals surface area contributed by atoms with Crippen LogP contribution in [0.2, 0.25) is 0 Å². The number of allylic oxidation sites excluding steroid dienone is 3. The molecular weight excluding hydrogens is 117 g/mol. The fraction of sp³-hybridized carbons (Fsp3) is 0.286. The molecule has 0 unspecified atom stereocenters. The van der Waals surface area contributed by atoms with Crippen LogP contribution in [0, 0.1) is 11.3 Å². The van der Waals surface area contributed by atoms with Gasteiger partial charge in [-0.2, -0.15) is 5.26 Å². The van der Waals surface area contributed by atoms with Crippen LogP contribution >= 0.6 is 0 Å². The molecular formula is C7H8FN. The highest BCUT2D eigenvalue weighted by Crippen LogP contribution is 2.03. The van der Waals surface area contributed by atoms with Crippen molar-refractivity contribution >= 4 is 0 Å². The highest BCUT2D eigenvalue weighted by molar-refractivity contribution is 5.26. The third-order valence-corrected chi connectivity index (χ3v) is 0.855. The fourth-order valence-corrected chi connectivity index (χ4v) is 0.402. The molecule has 9 heavy (non-hydrogen) atoms. The van der Waals surface area contributed by atoms with Crippen LogP contribution in [0.4, 0.5) is 4.39 Å². The third-order valence-electron chi connectivity index (χ3n) is 0.855. The predicted molar refractivity (Wildman–Crippen MR) is 34.2 cm³/mol. The molecule has 48 valence electrons. The monoisotopic (exact) mass is 125 g/mol.